The Morgan fingerprint density at radius 2 is 0.600 bits per heavy atom. The van der Waals surface area contributed by atoms with Gasteiger partial charge in [-0.15, -0.1) is 0 Å². The molecule has 4 aliphatic heterocycles. The third-order valence-corrected chi connectivity index (χ3v) is 97.2. The Bertz CT molecular complexity index is 344. The summed E-state index contributed by atoms with van der Waals surface area (Å²) in [7, 11) is 0. The van der Waals surface area contributed by atoms with Crippen LogP contribution >= 0.6 is 94.1 Å². The second-order valence-electron chi connectivity index (χ2n) is 2.28. The normalized spacial score (nSPS) is 61.3. The van der Waals surface area contributed by atoms with Crippen molar-refractivity contribution in [2.75, 3.05) is 0 Å². The average molecular weight is 479 g/mol. The van der Waals surface area contributed by atoms with Gasteiger partial charge in [-0.25, -0.2) is 0 Å². The third kappa shape index (κ3) is 3.29. The number of hydrogen-bond donors (Lipinski definition) is 0. The SMILES string of the molecule is S.S=P12SP3(=S)SP(=S)(S1)SP(=S)(S2)S3. The van der Waals surface area contributed by atoms with Crippen molar-refractivity contribution in [1.29, 1.82) is 0 Å². The van der Waals surface area contributed by atoms with Crippen molar-refractivity contribution in [3.05, 3.63) is 0 Å². The molecule has 15 heteroatoms. The van der Waals surface area contributed by atoms with Crippen molar-refractivity contribution in [3.8, 4) is 0 Å². The molecule has 0 aromatic heterocycles. The van der Waals surface area contributed by atoms with E-state index in [2.05, 4.69) is 0 Å². The van der Waals surface area contributed by atoms with Crippen LogP contribution in [0.3, 0.4) is 0 Å². The first kappa shape index (κ1) is 16.4. The monoisotopic (exact) mass is 478 g/mol. The smallest absolute Gasteiger partial charge is 0.128 e. The maximum absolute atomic E-state index is 5.75. The first-order chi connectivity index (χ1) is 6.24. The fourth-order valence-corrected chi connectivity index (χ4v) is 222. The minimum atomic E-state index is -1.41. The largest absolute Gasteiger partial charge is 0.197 e. The van der Waals surface area contributed by atoms with Crippen molar-refractivity contribution in [3.63, 3.8) is 0 Å². The van der Waals surface area contributed by atoms with Crippen molar-refractivity contribution >= 4 is 141 Å². The average Bonchev–Trinajstić information content (AvgIpc) is 1.67. The lowest BCUT2D eigenvalue weighted by molar-refractivity contribution is 4.68. The van der Waals surface area contributed by atoms with Crippen LogP contribution in [0.2, 0.25) is 0 Å². The molecule has 4 heterocycles. The molecule has 0 spiro atoms. The van der Waals surface area contributed by atoms with E-state index in [1.54, 1.807) is 0 Å². The first-order valence-electron chi connectivity index (χ1n) is 2.92. The van der Waals surface area contributed by atoms with Gasteiger partial charge in [-0.3, -0.25) is 0 Å². The maximum atomic E-state index is 5.75. The molecule has 4 fully saturated rings. The van der Waals surface area contributed by atoms with Crippen molar-refractivity contribution in [2.24, 2.45) is 0 Å². The minimum Gasteiger partial charge on any atom is -0.197 e. The van der Waals surface area contributed by atoms with Crippen LogP contribution in [-0.2, 0) is 47.2 Å². The van der Waals surface area contributed by atoms with E-state index in [0.29, 0.717) is 0 Å². The summed E-state index contributed by atoms with van der Waals surface area (Å²) in [5, 5.41) is 0. The van der Waals surface area contributed by atoms with Gasteiger partial charge in [0.05, 0.1) is 0 Å². The van der Waals surface area contributed by atoms with E-state index in [-0.39, 0.29) is 13.5 Å². The molecule has 0 atom stereocenters. The lowest BCUT2D eigenvalue weighted by Gasteiger charge is -2.51. The Balaban J connectivity index is 0.000000853. The molecule has 4 aliphatic rings. The summed E-state index contributed by atoms with van der Waals surface area (Å²) >= 11 is 34.5. The lowest BCUT2D eigenvalue weighted by atomic mass is 28.9. The summed E-state index contributed by atoms with van der Waals surface area (Å²) in [5.74, 6) is 0. The Labute approximate surface area is 139 Å². The molecule has 0 aromatic rings. The Kier molecular flexibility index (Phi) is 5.53. The molecule has 0 amide bonds. The fraction of sp³-hybridized carbons (Fsp3) is 0. The molecule has 15 heavy (non-hydrogen) atoms. The summed E-state index contributed by atoms with van der Waals surface area (Å²) in [4.78, 5) is 0. The third-order valence-electron chi connectivity index (χ3n) is 1.20. The Morgan fingerprint density at radius 1 is 0.467 bits per heavy atom. The van der Waals surface area contributed by atoms with E-state index in [9.17, 15) is 0 Å². The lowest BCUT2D eigenvalue weighted by Crippen LogP contribution is -1.83. The fourth-order valence-electron chi connectivity index (χ4n) is 0.914. The molecule has 4 bridgehead atoms. The highest BCUT2D eigenvalue weighted by molar-refractivity contribution is 9.83. The van der Waals surface area contributed by atoms with Gasteiger partial charge in [0.1, 0.15) is 14.6 Å². The number of rotatable bonds is 0. The molecular weight excluding hydrogens is 477 g/mol. The highest BCUT2D eigenvalue weighted by Crippen LogP contribution is 3.29. The van der Waals surface area contributed by atoms with Crippen LogP contribution in [0.1, 0.15) is 0 Å². The molecular formula is H2P4S11. The molecule has 4 saturated heterocycles. The van der Waals surface area contributed by atoms with E-state index in [1.165, 1.54) is 0 Å². The van der Waals surface area contributed by atoms with Crippen molar-refractivity contribution in [2.45, 2.75) is 0 Å². The predicted molar refractivity (Wildman–Crippen MR) is 113 cm³/mol. The first-order valence-corrected chi connectivity index (χ1v) is 26.3. The van der Waals surface area contributed by atoms with Gasteiger partial charge in [0.25, 0.3) is 0 Å². The highest BCUT2D eigenvalue weighted by atomic mass is 34.1. The summed E-state index contributed by atoms with van der Waals surface area (Å²) in [6.07, 6.45) is 0. The van der Waals surface area contributed by atoms with Crippen LogP contribution in [0.15, 0.2) is 0 Å². The van der Waals surface area contributed by atoms with E-state index in [1.807, 2.05) is 66.0 Å². The van der Waals surface area contributed by atoms with Crippen LogP contribution in [0, 0.1) is 0 Å². The van der Waals surface area contributed by atoms with Crippen LogP contribution in [0.4, 0.5) is 0 Å². The van der Waals surface area contributed by atoms with E-state index in [4.69, 9.17) is 47.2 Å². The minimum absolute atomic E-state index is 0. The van der Waals surface area contributed by atoms with Crippen LogP contribution < -0.4 is 0 Å². The summed E-state index contributed by atoms with van der Waals surface area (Å²) in [5.41, 5.74) is 0. The van der Waals surface area contributed by atoms with E-state index in [0.717, 1.165) is 0 Å². The molecule has 0 unspecified atom stereocenters. The standard InChI is InChI=1S/P4S10.H2S/c5-1-9-2(6)12-3(7,10-1)14-4(8,11-1)13-2;/h;1H2. The molecule has 0 aromatic carbocycles. The topological polar surface area (TPSA) is 0 Å². The second-order valence-corrected chi connectivity index (χ2v) is 61.5. The summed E-state index contributed by atoms with van der Waals surface area (Å²) in [6, 6.07) is 0. The molecule has 0 nitrogen and oxygen atoms in total. The Morgan fingerprint density at radius 3 is 0.733 bits per heavy atom. The number of hydrogen-bond acceptors (Lipinski definition) is 10. The summed E-state index contributed by atoms with van der Waals surface area (Å²) < 4.78 is -5.64. The van der Waals surface area contributed by atoms with Gasteiger partial charge in [-0.05, 0) is 66.0 Å². The predicted octanol–water partition coefficient (Wildman–Crippen LogP) is 7.44. The summed E-state index contributed by atoms with van der Waals surface area (Å²) in [6.45, 7) is 0. The maximum Gasteiger partial charge on any atom is 0.128 e. The second kappa shape index (κ2) is 5.05. The van der Waals surface area contributed by atoms with Crippen LogP contribution in [0.5, 0.6) is 0 Å². The van der Waals surface area contributed by atoms with Gasteiger partial charge in [-0.1, -0.05) is 47.2 Å². The molecule has 0 radical (unpaired) electrons. The van der Waals surface area contributed by atoms with Crippen molar-refractivity contribution in [1.82, 2.24) is 0 Å². The van der Waals surface area contributed by atoms with Crippen LogP contribution in [-0.4, -0.2) is 0 Å². The van der Waals surface area contributed by atoms with E-state index < -0.39 is 14.6 Å². The zero-order valence-electron chi connectivity index (χ0n) is 6.37. The van der Waals surface area contributed by atoms with Gasteiger partial charge in [-0.2, -0.15) is 13.5 Å². The molecule has 0 N–H and O–H groups in total. The Hall–Kier alpha value is 5.05. The quantitative estimate of drug-likeness (QED) is 0.321. The van der Waals surface area contributed by atoms with Gasteiger partial charge in [0.15, 0.2) is 0 Å². The zero-order valence-corrected chi connectivity index (χ0v) is 19.1. The van der Waals surface area contributed by atoms with Crippen molar-refractivity contribution < 1.29 is 0 Å². The molecule has 0 saturated carbocycles. The molecule has 88 valence electrons. The highest BCUT2D eigenvalue weighted by Gasteiger charge is 2.60. The van der Waals surface area contributed by atoms with Gasteiger partial charge < -0.3 is 0 Å². The van der Waals surface area contributed by atoms with Crippen LogP contribution in [0.25, 0.3) is 0 Å². The van der Waals surface area contributed by atoms with E-state index >= 15 is 0 Å². The van der Waals surface area contributed by atoms with Gasteiger partial charge >= 0.3 is 0 Å². The van der Waals surface area contributed by atoms with Gasteiger partial charge in [0.2, 0.25) is 0 Å². The molecule has 4 rings (SSSR count). The van der Waals surface area contributed by atoms with Gasteiger partial charge in [0, 0.05) is 0 Å². The zero-order chi connectivity index (χ0) is 10.2. The molecule has 0 aliphatic carbocycles.